The maximum atomic E-state index is 12.6. The van der Waals surface area contributed by atoms with Gasteiger partial charge in [0, 0.05) is 10.7 Å². The number of nitrogens with zero attached hydrogens (tertiary/aromatic N) is 2. The van der Waals surface area contributed by atoms with Crippen molar-refractivity contribution in [2.24, 2.45) is 5.10 Å². The van der Waals surface area contributed by atoms with Gasteiger partial charge in [0.2, 0.25) is 0 Å². The molecule has 162 valence electrons. The number of aromatic nitrogens is 1. The first-order chi connectivity index (χ1) is 14.8. The lowest BCUT2D eigenvalue weighted by Crippen LogP contribution is -2.05. The summed E-state index contributed by atoms with van der Waals surface area (Å²) < 4.78 is 51.0. The van der Waals surface area contributed by atoms with E-state index in [1.54, 1.807) is 13.2 Å². The maximum Gasteiger partial charge on any atom is 0.417 e. The molecule has 31 heavy (non-hydrogen) atoms. The Bertz CT molecular complexity index is 1060. The molecule has 0 aliphatic heterocycles. The average Bonchev–Trinajstić information content (AvgIpc) is 2.73. The molecule has 1 N–H and O–H groups in total. The van der Waals surface area contributed by atoms with E-state index in [4.69, 9.17) is 9.47 Å². The van der Waals surface area contributed by atoms with Gasteiger partial charge < -0.3 is 9.47 Å². The van der Waals surface area contributed by atoms with Gasteiger partial charge in [0.15, 0.2) is 11.5 Å². The third-order valence-corrected chi connectivity index (χ3v) is 5.36. The van der Waals surface area contributed by atoms with Gasteiger partial charge in [-0.15, -0.1) is 0 Å². The van der Waals surface area contributed by atoms with Crippen molar-refractivity contribution in [2.45, 2.75) is 12.8 Å². The summed E-state index contributed by atoms with van der Waals surface area (Å²) in [7, 11) is 1.54. The van der Waals surface area contributed by atoms with E-state index < -0.39 is 11.7 Å². The van der Waals surface area contributed by atoms with Crippen LogP contribution < -0.4 is 14.9 Å². The molecule has 10 heteroatoms. The Morgan fingerprint density at radius 2 is 1.90 bits per heavy atom. The lowest BCUT2D eigenvalue weighted by atomic mass is 10.2. The fourth-order valence-corrected chi connectivity index (χ4v) is 3.54. The zero-order valence-electron chi connectivity index (χ0n) is 16.1. The second-order valence-electron chi connectivity index (χ2n) is 6.25. The molecule has 0 spiro atoms. The van der Waals surface area contributed by atoms with E-state index >= 15 is 0 Å². The number of anilines is 1. The molecule has 1 heterocycles. The van der Waals surface area contributed by atoms with Gasteiger partial charge in [0.1, 0.15) is 12.4 Å². The first kappa shape index (κ1) is 23.3. The van der Waals surface area contributed by atoms with Crippen LogP contribution in [-0.4, -0.2) is 18.3 Å². The Hall–Kier alpha value is -2.34. The molecule has 3 rings (SSSR count). The van der Waals surface area contributed by atoms with Crippen molar-refractivity contribution in [2.75, 3.05) is 12.5 Å². The predicted molar refractivity (Wildman–Crippen MR) is 125 cm³/mol. The van der Waals surface area contributed by atoms with E-state index in [-0.39, 0.29) is 5.82 Å². The molecular formula is C21H16BrF3IN3O2. The van der Waals surface area contributed by atoms with Gasteiger partial charge in [-0.2, -0.15) is 18.3 Å². The first-order valence-corrected chi connectivity index (χ1v) is 10.7. The summed E-state index contributed by atoms with van der Waals surface area (Å²) in [5, 5.41) is 4.03. The van der Waals surface area contributed by atoms with Crippen molar-refractivity contribution in [3.63, 3.8) is 0 Å². The van der Waals surface area contributed by atoms with E-state index in [0.29, 0.717) is 18.1 Å². The Labute approximate surface area is 198 Å². The van der Waals surface area contributed by atoms with Crippen molar-refractivity contribution < 1.29 is 22.6 Å². The van der Waals surface area contributed by atoms with Crippen LogP contribution in [0.3, 0.4) is 0 Å². The van der Waals surface area contributed by atoms with Gasteiger partial charge in [0.05, 0.1) is 22.5 Å². The SMILES string of the molecule is COc1cc(/C=N\Nc2ccc(C(F)(F)F)cn2)cc(I)c1OCc1ccc(Br)cc1. The first-order valence-electron chi connectivity index (χ1n) is 8.83. The standard InChI is InChI=1S/C21H16BrF3IN3O2/c1-30-18-9-14(10-28-29-19-7-4-15(11-27-19)21(23,24)25)8-17(26)20(18)31-12-13-2-5-16(22)6-3-13/h2-11H,12H2,1H3,(H,27,29)/b28-10-. The number of ether oxygens (including phenoxy) is 2. The second-order valence-corrected chi connectivity index (χ2v) is 8.33. The van der Waals surface area contributed by atoms with E-state index in [1.165, 1.54) is 12.3 Å². The Morgan fingerprint density at radius 1 is 1.16 bits per heavy atom. The summed E-state index contributed by atoms with van der Waals surface area (Å²) in [5.74, 6) is 1.35. The number of halogens is 5. The minimum atomic E-state index is -4.43. The topological polar surface area (TPSA) is 55.7 Å². The fraction of sp³-hybridized carbons (Fsp3) is 0.143. The van der Waals surface area contributed by atoms with Gasteiger partial charge >= 0.3 is 6.18 Å². The number of benzene rings is 2. The van der Waals surface area contributed by atoms with Crippen LogP contribution in [-0.2, 0) is 12.8 Å². The van der Waals surface area contributed by atoms with E-state index in [2.05, 4.69) is 54.0 Å². The molecule has 0 saturated carbocycles. The second kappa shape index (κ2) is 10.3. The minimum Gasteiger partial charge on any atom is -0.493 e. The molecule has 0 saturated heterocycles. The zero-order valence-corrected chi connectivity index (χ0v) is 19.8. The lowest BCUT2D eigenvalue weighted by molar-refractivity contribution is -0.137. The third-order valence-electron chi connectivity index (χ3n) is 4.03. The third kappa shape index (κ3) is 6.57. The van der Waals surface area contributed by atoms with E-state index in [9.17, 15) is 13.2 Å². The summed E-state index contributed by atoms with van der Waals surface area (Å²) >= 11 is 5.55. The Balaban J connectivity index is 1.68. The number of methoxy groups -OCH3 is 1. The number of hydrogen-bond acceptors (Lipinski definition) is 5. The van der Waals surface area contributed by atoms with Crippen LogP contribution in [0.25, 0.3) is 0 Å². The molecule has 0 atom stereocenters. The summed E-state index contributed by atoms with van der Waals surface area (Å²) in [6, 6.07) is 13.6. The zero-order chi connectivity index (χ0) is 22.4. The molecule has 0 aliphatic carbocycles. The number of alkyl halides is 3. The van der Waals surface area contributed by atoms with Crippen LogP contribution in [0.1, 0.15) is 16.7 Å². The van der Waals surface area contributed by atoms with Crippen molar-refractivity contribution in [1.82, 2.24) is 4.98 Å². The number of hydrogen-bond donors (Lipinski definition) is 1. The molecule has 1 aromatic heterocycles. The molecular weight excluding hydrogens is 590 g/mol. The van der Waals surface area contributed by atoms with Gasteiger partial charge in [-0.1, -0.05) is 28.1 Å². The number of nitrogens with one attached hydrogen (secondary N) is 1. The molecule has 5 nitrogen and oxygen atoms in total. The van der Waals surface area contributed by atoms with Crippen LogP contribution >= 0.6 is 38.5 Å². The summed E-state index contributed by atoms with van der Waals surface area (Å²) in [5.41, 5.74) is 3.52. The highest BCUT2D eigenvalue weighted by Crippen LogP contribution is 2.34. The van der Waals surface area contributed by atoms with Crippen LogP contribution in [0.15, 0.2) is 64.3 Å². The molecule has 0 aliphatic rings. The Kier molecular flexibility index (Phi) is 7.76. The molecule has 0 amide bonds. The van der Waals surface area contributed by atoms with Gasteiger partial charge in [-0.25, -0.2) is 4.98 Å². The number of hydrazone groups is 1. The highest BCUT2D eigenvalue weighted by atomic mass is 127. The van der Waals surface area contributed by atoms with Gasteiger partial charge in [-0.3, -0.25) is 5.43 Å². The molecule has 0 bridgehead atoms. The largest absolute Gasteiger partial charge is 0.493 e. The molecule has 0 radical (unpaired) electrons. The highest BCUT2D eigenvalue weighted by molar-refractivity contribution is 14.1. The minimum absolute atomic E-state index is 0.195. The quantitative estimate of drug-likeness (QED) is 0.190. The van der Waals surface area contributed by atoms with Gasteiger partial charge in [-0.05, 0) is 70.1 Å². The molecule has 2 aromatic carbocycles. The van der Waals surface area contributed by atoms with Crippen LogP contribution in [0.4, 0.5) is 19.0 Å². The van der Waals surface area contributed by atoms with Crippen LogP contribution in [0, 0.1) is 3.57 Å². The number of rotatable bonds is 7. The summed E-state index contributed by atoms with van der Waals surface area (Å²) in [6.45, 7) is 0.383. The highest BCUT2D eigenvalue weighted by Gasteiger charge is 2.30. The van der Waals surface area contributed by atoms with Crippen molar-refractivity contribution in [1.29, 1.82) is 0 Å². The maximum absolute atomic E-state index is 12.6. The van der Waals surface area contributed by atoms with Crippen LogP contribution in [0.2, 0.25) is 0 Å². The fourth-order valence-electron chi connectivity index (χ4n) is 2.49. The molecule has 0 unspecified atom stereocenters. The average molecular weight is 606 g/mol. The monoisotopic (exact) mass is 605 g/mol. The van der Waals surface area contributed by atoms with Crippen molar-refractivity contribution in [3.8, 4) is 11.5 Å². The van der Waals surface area contributed by atoms with E-state index in [0.717, 1.165) is 31.4 Å². The molecule has 3 aromatic rings. The van der Waals surface area contributed by atoms with Crippen molar-refractivity contribution in [3.05, 3.63) is 79.5 Å². The lowest BCUT2D eigenvalue weighted by Gasteiger charge is -2.13. The smallest absolute Gasteiger partial charge is 0.417 e. The van der Waals surface area contributed by atoms with E-state index in [1.807, 2.05) is 30.3 Å². The summed E-state index contributed by atoms with van der Waals surface area (Å²) in [6.07, 6.45) is -2.16. The summed E-state index contributed by atoms with van der Waals surface area (Å²) in [4.78, 5) is 3.71. The Morgan fingerprint density at radius 3 is 2.52 bits per heavy atom. The predicted octanol–water partition coefficient (Wildman–Crippen LogP) is 6.50. The van der Waals surface area contributed by atoms with Crippen LogP contribution in [0.5, 0.6) is 11.5 Å². The van der Waals surface area contributed by atoms with Gasteiger partial charge in [0.25, 0.3) is 0 Å². The molecule has 0 fully saturated rings. The number of pyridine rings is 1. The van der Waals surface area contributed by atoms with Crippen molar-refractivity contribution >= 4 is 50.6 Å². The normalized spacial score (nSPS) is 11.5.